The number of hydrogen-bond donors (Lipinski definition) is 2. The van der Waals surface area contributed by atoms with Gasteiger partial charge in [0.25, 0.3) is 5.91 Å². The molecule has 0 aliphatic rings. The lowest BCUT2D eigenvalue weighted by molar-refractivity contribution is 0.102. The van der Waals surface area contributed by atoms with E-state index >= 15 is 0 Å². The van der Waals surface area contributed by atoms with Crippen LogP contribution in [0.5, 0.6) is 5.75 Å². The number of fused-ring (bicyclic) bond motifs is 1. The molecule has 3 aromatic heterocycles. The number of hydrogen-bond acceptors (Lipinski definition) is 6. The summed E-state index contributed by atoms with van der Waals surface area (Å²) in [5.74, 6) is 0.462. The molecule has 0 saturated carbocycles. The molecule has 1 amide bonds. The fraction of sp³-hybridized carbons (Fsp3) is 0.0800. The highest BCUT2D eigenvalue weighted by atomic mass is 16.5. The summed E-state index contributed by atoms with van der Waals surface area (Å²) in [5.41, 5.74) is 5.94. The summed E-state index contributed by atoms with van der Waals surface area (Å²) in [6, 6.07) is 18.5. The zero-order valence-electron chi connectivity index (χ0n) is 17.8. The van der Waals surface area contributed by atoms with E-state index in [4.69, 9.17) is 4.74 Å². The first kappa shape index (κ1) is 20.3. The van der Waals surface area contributed by atoms with Crippen molar-refractivity contribution < 1.29 is 9.53 Å². The Hall–Kier alpha value is -4.59. The molecule has 8 heteroatoms. The highest BCUT2D eigenvalue weighted by molar-refractivity contribution is 6.05. The number of carbonyl (C=O) groups excluding carboxylic acids is 1. The third-order valence-corrected chi connectivity index (χ3v) is 5.21. The summed E-state index contributed by atoms with van der Waals surface area (Å²) in [4.78, 5) is 32.9. The number of anilines is 1. The topological polar surface area (TPSA) is 106 Å². The smallest absolute Gasteiger partial charge is 0.255 e. The van der Waals surface area contributed by atoms with E-state index in [2.05, 4.69) is 30.2 Å². The molecule has 0 bridgehead atoms. The van der Waals surface area contributed by atoms with Gasteiger partial charge >= 0.3 is 0 Å². The van der Waals surface area contributed by atoms with E-state index in [0.29, 0.717) is 29.3 Å². The summed E-state index contributed by atoms with van der Waals surface area (Å²) in [6.45, 7) is 2.31. The number of aromatic amines is 1. The van der Waals surface area contributed by atoms with E-state index in [9.17, 15) is 4.79 Å². The van der Waals surface area contributed by atoms with E-state index < -0.39 is 0 Å². The van der Waals surface area contributed by atoms with Crippen molar-refractivity contribution in [1.82, 2.24) is 24.9 Å². The maximum Gasteiger partial charge on any atom is 0.255 e. The number of aryl methyl sites for hydroxylation is 1. The standard InChI is InChI=1S/C25H20N6O2/c1-16-5-6-18(22-23-24(29-14-27-22)30-15-28-23)12-21(16)31-25(32)17-7-9-20(10-8-17)33-13-19-4-2-3-11-26-19/h2-12,14-15H,13H2,1H3,(H,31,32)(H,27,28,29,30). The van der Waals surface area contributed by atoms with Crippen LogP contribution in [0.2, 0.25) is 0 Å². The van der Waals surface area contributed by atoms with Gasteiger partial charge in [0, 0.05) is 23.0 Å². The molecule has 0 atom stereocenters. The van der Waals surface area contributed by atoms with Gasteiger partial charge in [0.05, 0.1) is 17.7 Å². The lowest BCUT2D eigenvalue weighted by Crippen LogP contribution is -2.12. The Labute approximate surface area is 189 Å². The van der Waals surface area contributed by atoms with Crippen molar-refractivity contribution in [2.24, 2.45) is 0 Å². The fourth-order valence-electron chi connectivity index (χ4n) is 3.43. The zero-order valence-corrected chi connectivity index (χ0v) is 17.8. The van der Waals surface area contributed by atoms with Gasteiger partial charge in [-0.25, -0.2) is 15.0 Å². The first-order chi connectivity index (χ1) is 16.2. The Kier molecular flexibility index (Phi) is 5.47. The molecule has 162 valence electrons. The normalized spacial score (nSPS) is 10.8. The van der Waals surface area contributed by atoms with Crippen LogP contribution in [0.4, 0.5) is 5.69 Å². The van der Waals surface area contributed by atoms with Crippen LogP contribution in [-0.4, -0.2) is 30.8 Å². The van der Waals surface area contributed by atoms with Crippen molar-refractivity contribution in [3.63, 3.8) is 0 Å². The average Bonchev–Trinajstić information content (AvgIpc) is 3.34. The number of amides is 1. The summed E-state index contributed by atoms with van der Waals surface area (Å²) in [7, 11) is 0. The van der Waals surface area contributed by atoms with E-state index in [-0.39, 0.29) is 5.91 Å². The highest BCUT2D eigenvalue weighted by Gasteiger charge is 2.13. The predicted molar refractivity (Wildman–Crippen MR) is 125 cm³/mol. The van der Waals surface area contributed by atoms with Crippen molar-refractivity contribution >= 4 is 22.8 Å². The first-order valence-electron chi connectivity index (χ1n) is 10.4. The third kappa shape index (κ3) is 4.40. The van der Waals surface area contributed by atoms with E-state index in [1.165, 1.54) is 6.33 Å². The molecular formula is C25H20N6O2. The molecule has 2 aromatic carbocycles. The molecule has 0 aliphatic heterocycles. The second-order valence-electron chi connectivity index (χ2n) is 7.44. The number of rotatable bonds is 6. The molecule has 0 fully saturated rings. The Morgan fingerprint density at radius 3 is 2.70 bits per heavy atom. The summed E-state index contributed by atoms with van der Waals surface area (Å²) < 4.78 is 5.74. The highest BCUT2D eigenvalue weighted by Crippen LogP contribution is 2.28. The van der Waals surface area contributed by atoms with Gasteiger partial charge in [-0.2, -0.15) is 0 Å². The molecule has 2 N–H and O–H groups in total. The minimum absolute atomic E-state index is 0.207. The lowest BCUT2D eigenvalue weighted by atomic mass is 10.1. The van der Waals surface area contributed by atoms with Gasteiger partial charge in [-0.3, -0.25) is 9.78 Å². The number of nitrogens with one attached hydrogen (secondary N) is 2. The summed E-state index contributed by atoms with van der Waals surface area (Å²) in [6.07, 6.45) is 4.79. The van der Waals surface area contributed by atoms with Crippen LogP contribution in [0, 0.1) is 6.92 Å². The maximum atomic E-state index is 12.9. The minimum Gasteiger partial charge on any atom is -0.487 e. The van der Waals surface area contributed by atoms with Crippen LogP contribution >= 0.6 is 0 Å². The van der Waals surface area contributed by atoms with Gasteiger partial charge in [0.15, 0.2) is 5.65 Å². The predicted octanol–water partition coefficient (Wildman–Crippen LogP) is 4.55. The van der Waals surface area contributed by atoms with Crippen LogP contribution in [-0.2, 0) is 6.61 Å². The largest absolute Gasteiger partial charge is 0.487 e. The van der Waals surface area contributed by atoms with Crippen LogP contribution < -0.4 is 10.1 Å². The number of pyridine rings is 1. The number of nitrogens with zero attached hydrogens (tertiary/aromatic N) is 4. The molecule has 0 radical (unpaired) electrons. The van der Waals surface area contributed by atoms with Crippen molar-refractivity contribution in [3.8, 4) is 17.0 Å². The minimum atomic E-state index is -0.207. The van der Waals surface area contributed by atoms with Crippen molar-refractivity contribution in [1.29, 1.82) is 0 Å². The molecule has 33 heavy (non-hydrogen) atoms. The molecular weight excluding hydrogens is 416 g/mol. The molecule has 5 aromatic rings. The number of aromatic nitrogens is 5. The first-order valence-corrected chi connectivity index (χ1v) is 10.4. The molecule has 0 aliphatic carbocycles. The molecule has 0 spiro atoms. The second-order valence-corrected chi connectivity index (χ2v) is 7.44. The van der Waals surface area contributed by atoms with Gasteiger partial charge in [0.2, 0.25) is 0 Å². The van der Waals surface area contributed by atoms with Crippen LogP contribution in [0.15, 0.2) is 79.5 Å². The SMILES string of the molecule is Cc1ccc(-c2ncnc3nc[nH]c23)cc1NC(=O)c1ccc(OCc2ccccn2)cc1. The van der Waals surface area contributed by atoms with Gasteiger partial charge in [-0.1, -0.05) is 18.2 Å². The summed E-state index contributed by atoms with van der Waals surface area (Å²) in [5, 5.41) is 3.00. The number of imidazole rings is 1. The number of H-pyrrole nitrogens is 1. The molecule has 0 saturated heterocycles. The molecule has 8 nitrogen and oxygen atoms in total. The van der Waals surface area contributed by atoms with Gasteiger partial charge in [-0.15, -0.1) is 0 Å². The Morgan fingerprint density at radius 2 is 1.88 bits per heavy atom. The van der Waals surface area contributed by atoms with E-state index in [0.717, 1.165) is 28.0 Å². The summed E-state index contributed by atoms with van der Waals surface area (Å²) >= 11 is 0. The van der Waals surface area contributed by atoms with E-state index in [1.54, 1.807) is 36.8 Å². The Bertz CT molecular complexity index is 1410. The average molecular weight is 436 g/mol. The number of ether oxygens (including phenoxy) is 1. The van der Waals surface area contributed by atoms with Crippen molar-refractivity contribution in [2.75, 3.05) is 5.32 Å². The molecule has 5 rings (SSSR count). The van der Waals surface area contributed by atoms with Gasteiger partial charge in [0.1, 0.15) is 24.2 Å². The van der Waals surface area contributed by atoms with Crippen molar-refractivity contribution in [2.45, 2.75) is 13.5 Å². The molecule has 3 heterocycles. The quantitative estimate of drug-likeness (QED) is 0.404. The van der Waals surface area contributed by atoms with Crippen molar-refractivity contribution in [3.05, 3.63) is 96.3 Å². The Morgan fingerprint density at radius 1 is 1.00 bits per heavy atom. The van der Waals surface area contributed by atoms with Crippen LogP contribution in [0.25, 0.3) is 22.4 Å². The number of carbonyl (C=O) groups is 1. The zero-order chi connectivity index (χ0) is 22.6. The van der Waals surface area contributed by atoms with Crippen LogP contribution in [0.3, 0.4) is 0 Å². The lowest BCUT2D eigenvalue weighted by Gasteiger charge is -2.11. The van der Waals surface area contributed by atoms with E-state index in [1.807, 2.05) is 43.3 Å². The number of benzene rings is 2. The van der Waals surface area contributed by atoms with Crippen LogP contribution in [0.1, 0.15) is 21.6 Å². The maximum absolute atomic E-state index is 12.9. The van der Waals surface area contributed by atoms with Gasteiger partial charge in [-0.05, 0) is 55.0 Å². The monoisotopic (exact) mass is 436 g/mol. The second kappa shape index (κ2) is 8.88. The third-order valence-electron chi connectivity index (χ3n) is 5.21. The molecule has 0 unspecified atom stereocenters. The Balaban J connectivity index is 1.31. The van der Waals surface area contributed by atoms with Gasteiger partial charge < -0.3 is 15.0 Å². The fourth-order valence-corrected chi connectivity index (χ4v) is 3.43.